The van der Waals surface area contributed by atoms with E-state index in [-0.39, 0.29) is 0 Å². The summed E-state index contributed by atoms with van der Waals surface area (Å²) in [6, 6.07) is 83.5. The molecule has 0 spiro atoms. The van der Waals surface area contributed by atoms with Crippen molar-refractivity contribution in [3.8, 4) is 39.1 Å². The number of thiophene rings is 1. The van der Waals surface area contributed by atoms with Gasteiger partial charge >= 0.3 is 0 Å². The molecule has 0 radical (unpaired) electrons. The van der Waals surface area contributed by atoms with Crippen LogP contribution in [0.4, 0.5) is 17.1 Å². The molecular weight excluding hydrogens is 797 g/mol. The predicted molar refractivity (Wildman–Crippen MR) is 272 cm³/mol. The largest absolute Gasteiger partial charge is 0.455 e. The van der Waals surface area contributed by atoms with E-state index in [0.717, 1.165) is 61.4 Å². The zero-order valence-electron chi connectivity index (χ0n) is 34.7. The maximum absolute atomic E-state index is 6.90. The number of benzene rings is 10. The summed E-state index contributed by atoms with van der Waals surface area (Å²) in [5, 5.41) is 7.22. The smallest absolute Gasteiger partial charge is 0.143 e. The fourth-order valence-electron chi connectivity index (χ4n) is 9.83. The van der Waals surface area contributed by atoms with Crippen LogP contribution in [-0.2, 0) is 0 Å². The molecule has 0 bridgehead atoms. The lowest BCUT2D eigenvalue weighted by Gasteiger charge is -2.27. The normalized spacial score (nSPS) is 11.8. The minimum atomic E-state index is 0.864. The molecule has 0 fully saturated rings. The minimum Gasteiger partial charge on any atom is -0.455 e. The summed E-state index contributed by atoms with van der Waals surface area (Å²) in [4.78, 5) is 2.40. The van der Waals surface area contributed by atoms with Gasteiger partial charge in [-0.15, -0.1) is 11.3 Å². The molecule has 0 aliphatic carbocycles. The van der Waals surface area contributed by atoms with Crippen molar-refractivity contribution in [1.82, 2.24) is 4.57 Å². The Hall–Kier alpha value is -8.18. The van der Waals surface area contributed by atoms with Gasteiger partial charge in [-0.05, 0) is 101 Å². The van der Waals surface area contributed by atoms with E-state index < -0.39 is 0 Å². The van der Waals surface area contributed by atoms with Crippen LogP contribution in [0.15, 0.2) is 235 Å². The molecule has 64 heavy (non-hydrogen) atoms. The van der Waals surface area contributed by atoms with Gasteiger partial charge in [0, 0.05) is 69.9 Å². The van der Waals surface area contributed by atoms with Crippen molar-refractivity contribution in [3.63, 3.8) is 0 Å². The van der Waals surface area contributed by atoms with Gasteiger partial charge in [0.05, 0.1) is 16.7 Å². The highest BCUT2D eigenvalue weighted by Gasteiger charge is 2.23. The number of rotatable bonds is 7. The fraction of sp³-hybridized carbons (Fsp3) is 0. The van der Waals surface area contributed by atoms with Crippen molar-refractivity contribution in [2.24, 2.45) is 0 Å². The first-order chi connectivity index (χ1) is 31.7. The first-order valence-electron chi connectivity index (χ1n) is 21.7. The highest BCUT2D eigenvalue weighted by Crippen LogP contribution is 2.46. The highest BCUT2D eigenvalue weighted by molar-refractivity contribution is 7.25. The number of furan rings is 1. The van der Waals surface area contributed by atoms with Crippen LogP contribution in [-0.4, -0.2) is 4.57 Å². The standard InChI is InChI=1S/C60H38N2OS/c1-2-15-39(16-3-1)41-17-14-18-44(35-41)61(43-32-29-40(30-33-43)42-31-34-59-51(36-42)50-23-8-13-28-58(50)64-59)45-37-52(60-53(38-45)49-22-7-12-27-57(49)63-60)48-21-6-11-26-56(48)62-54-24-9-4-19-46(54)47-20-5-10-25-55(47)62/h1-38H. The lowest BCUT2D eigenvalue weighted by atomic mass is 9.98. The van der Waals surface area contributed by atoms with E-state index in [9.17, 15) is 0 Å². The number of para-hydroxylation sites is 4. The molecule has 4 heteroatoms. The minimum absolute atomic E-state index is 0.864. The molecule has 13 aromatic rings. The quantitative estimate of drug-likeness (QED) is 0.159. The molecule has 0 N–H and O–H groups in total. The van der Waals surface area contributed by atoms with Crippen molar-refractivity contribution < 1.29 is 4.42 Å². The topological polar surface area (TPSA) is 21.3 Å². The van der Waals surface area contributed by atoms with Crippen molar-refractivity contribution in [2.45, 2.75) is 0 Å². The molecule has 0 saturated carbocycles. The Balaban J connectivity index is 1.04. The van der Waals surface area contributed by atoms with Gasteiger partial charge in [-0.1, -0.05) is 152 Å². The molecule has 0 saturated heterocycles. The Bertz CT molecular complexity index is 3860. The molecule has 0 aliphatic heterocycles. The van der Waals surface area contributed by atoms with Crippen LogP contribution in [0.2, 0.25) is 0 Å². The van der Waals surface area contributed by atoms with E-state index in [1.54, 1.807) is 0 Å². The number of aromatic nitrogens is 1. The molecule has 3 nitrogen and oxygen atoms in total. The molecule has 3 aromatic heterocycles. The van der Waals surface area contributed by atoms with Crippen LogP contribution in [0.1, 0.15) is 0 Å². The summed E-state index contributed by atoms with van der Waals surface area (Å²) in [7, 11) is 0. The van der Waals surface area contributed by atoms with Crippen molar-refractivity contribution in [3.05, 3.63) is 231 Å². The molecule has 0 atom stereocenters. The summed E-state index contributed by atoms with van der Waals surface area (Å²) in [5.41, 5.74) is 15.1. The van der Waals surface area contributed by atoms with Crippen molar-refractivity contribution in [1.29, 1.82) is 0 Å². The third-order valence-corrected chi connectivity index (χ3v) is 13.9. The van der Waals surface area contributed by atoms with Crippen LogP contribution in [0, 0.1) is 0 Å². The summed E-state index contributed by atoms with van der Waals surface area (Å²) in [6.45, 7) is 0. The first-order valence-corrected chi connectivity index (χ1v) is 22.6. The second kappa shape index (κ2) is 14.7. The van der Waals surface area contributed by atoms with E-state index in [4.69, 9.17) is 4.42 Å². The number of anilines is 3. The molecule has 0 amide bonds. The Morgan fingerprint density at radius 2 is 0.953 bits per heavy atom. The molecule has 13 rings (SSSR count). The molecular formula is C60H38N2OS. The lowest BCUT2D eigenvalue weighted by molar-refractivity contribution is 0.670. The third-order valence-electron chi connectivity index (χ3n) is 12.8. The summed E-state index contributed by atoms with van der Waals surface area (Å²) >= 11 is 1.85. The van der Waals surface area contributed by atoms with Crippen LogP contribution in [0.3, 0.4) is 0 Å². The molecule has 10 aromatic carbocycles. The van der Waals surface area contributed by atoms with Gasteiger partial charge in [0.25, 0.3) is 0 Å². The van der Waals surface area contributed by atoms with Gasteiger partial charge in [0.2, 0.25) is 0 Å². The maximum Gasteiger partial charge on any atom is 0.143 e. The zero-order chi connectivity index (χ0) is 42.1. The second-order valence-corrected chi connectivity index (χ2v) is 17.5. The number of fused-ring (bicyclic) bond motifs is 9. The molecule has 300 valence electrons. The van der Waals surface area contributed by atoms with E-state index in [2.05, 4.69) is 240 Å². The van der Waals surface area contributed by atoms with Crippen molar-refractivity contribution >= 4 is 92.3 Å². The Kier molecular flexibility index (Phi) is 8.40. The summed E-state index contributed by atoms with van der Waals surface area (Å²) in [5.74, 6) is 0. The third kappa shape index (κ3) is 5.88. The maximum atomic E-state index is 6.90. The monoisotopic (exact) mass is 834 g/mol. The predicted octanol–water partition coefficient (Wildman–Crippen LogP) is 17.5. The summed E-state index contributed by atoms with van der Waals surface area (Å²) < 4.78 is 11.9. The van der Waals surface area contributed by atoms with E-state index in [1.807, 2.05) is 11.3 Å². The van der Waals surface area contributed by atoms with Crippen LogP contribution in [0.5, 0.6) is 0 Å². The van der Waals surface area contributed by atoms with Crippen LogP contribution >= 0.6 is 11.3 Å². The number of hydrogen-bond donors (Lipinski definition) is 0. The van der Waals surface area contributed by atoms with E-state index >= 15 is 0 Å². The average molecular weight is 835 g/mol. The highest BCUT2D eigenvalue weighted by atomic mass is 32.1. The number of hydrogen-bond acceptors (Lipinski definition) is 3. The fourth-order valence-corrected chi connectivity index (χ4v) is 10.9. The van der Waals surface area contributed by atoms with E-state index in [1.165, 1.54) is 58.7 Å². The molecule has 0 unspecified atom stereocenters. The first kappa shape index (κ1) is 36.5. The van der Waals surface area contributed by atoms with E-state index in [0.29, 0.717) is 0 Å². The van der Waals surface area contributed by atoms with Crippen molar-refractivity contribution in [2.75, 3.05) is 4.90 Å². The zero-order valence-corrected chi connectivity index (χ0v) is 35.5. The van der Waals surface area contributed by atoms with Crippen LogP contribution in [0.25, 0.3) is 103 Å². The van der Waals surface area contributed by atoms with Gasteiger partial charge in [0.1, 0.15) is 11.2 Å². The average Bonchev–Trinajstić information content (AvgIpc) is 4.04. The van der Waals surface area contributed by atoms with Gasteiger partial charge in [-0.2, -0.15) is 0 Å². The Morgan fingerprint density at radius 3 is 1.77 bits per heavy atom. The van der Waals surface area contributed by atoms with Gasteiger partial charge in [-0.3, -0.25) is 0 Å². The SMILES string of the molecule is c1ccc(-c2cccc(N(c3ccc(-c4ccc5sc6ccccc6c5c4)cc3)c3cc(-c4ccccc4-n4c5ccccc5c5ccccc54)c4oc5ccccc5c4c3)c2)cc1. The lowest BCUT2D eigenvalue weighted by Crippen LogP contribution is -2.10. The van der Waals surface area contributed by atoms with Crippen LogP contribution < -0.4 is 4.90 Å². The molecule has 0 aliphatic rings. The molecule has 3 heterocycles. The van der Waals surface area contributed by atoms with Gasteiger partial charge in [-0.25, -0.2) is 0 Å². The number of nitrogens with zero attached hydrogens (tertiary/aromatic N) is 2. The summed E-state index contributed by atoms with van der Waals surface area (Å²) in [6.07, 6.45) is 0. The van der Waals surface area contributed by atoms with Gasteiger partial charge < -0.3 is 13.9 Å². The van der Waals surface area contributed by atoms with Gasteiger partial charge in [0.15, 0.2) is 0 Å². The Labute approximate surface area is 373 Å². The second-order valence-electron chi connectivity index (χ2n) is 16.5. The Morgan fingerprint density at radius 1 is 0.344 bits per heavy atom.